The van der Waals surface area contributed by atoms with Crippen molar-refractivity contribution in [2.45, 2.75) is 64.4 Å². The van der Waals surface area contributed by atoms with E-state index < -0.39 is 24.0 Å². The summed E-state index contributed by atoms with van der Waals surface area (Å²) < 4.78 is 56.6. The third-order valence-corrected chi connectivity index (χ3v) is 7.22. The van der Waals surface area contributed by atoms with Crippen molar-refractivity contribution in [1.29, 1.82) is 0 Å². The van der Waals surface area contributed by atoms with Gasteiger partial charge >= 0.3 is 6.61 Å². The van der Waals surface area contributed by atoms with Crippen molar-refractivity contribution in [3.8, 4) is 16.9 Å². The predicted octanol–water partition coefficient (Wildman–Crippen LogP) is 7.94. The number of hydrogen-bond donors (Lipinski definition) is 0. The molecule has 0 bridgehead atoms. The Labute approximate surface area is 175 Å². The lowest BCUT2D eigenvalue weighted by Crippen LogP contribution is -2.30. The van der Waals surface area contributed by atoms with Crippen LogP contribution in [0.2, 0.25) is 0 Å². The zero-order valence-electron chi connectivity index (χ0n) is 17.2. The maximum absolute atomic E-state index is 14.0. The Morgan fingerprint density at radius 3 is 2.13 bits per heavy atom. The van der Waals surface area contributed by atoms with Crippen LogP contribution in [0.15, 0.2) is 36.4 Å². The van der Waals surface area contributed by atoms with E-state index in [0.29, 0.717) is 17.0 Å². The van der Waals surface area contributed by atoms with Gasteiger partial charge in [-0.3, -0.25) is 0 Å². The van der Waals surface area contributed by atoms with E-state index in [0.717, 1.165) is 29.9 Å². The maximum atomic E-state index is 14.0. The van der Waals surface area contributed by atoms with Gasteiger partial charge in [0.05, 0.1) is 0 Å². The van der Waals surface area contributed by atoms with Gasteiger partial charge in [-0.05, 0) is 84.6 Å². The van der Waals surface area contributed by atoms with E-state index in [1.807, 2.05) is 24.3 Å². The van der Waals surface area contributed by atoms with Gasteiger partial charge in [0.2, 0.25) is 0 Å². The molecule has 0 aromatic heterocycles. The summed E-state index contributed by atoms with van der Waals surface area (Å²) in [6, 6.07) is 9.86. The van der Waals surface area contributed by atoms with Crippen molar-refractivity contribution in [3.05, 3.63) is 53.6 Å². The minimum absolute atomic E-state index is 0.305. The fourth-order valence-electron chi connectivity index (χ4n) is 5.54. The number of alkyl halides is 2. The zero-order valence-corrected chi connectivity index (χ0v) is 17.2. The lowest BCUT2D eigenvalue weighted by molar-refractivity contribution is -0.0546. The molecule has 0 N–H and O–H groups in total. The molecule has 2 aromatic carbocycles. The lowest BCUT2D eigenvalue weighted by Gasteiger charge is -2.42. The number of rotatable bonds is 5. The largest absolute Gasteiger partial charge is 0.429 e. The second kappa shape index (κ2) is 8.99. The van der Waals surface area contributed by atoms with Gasteiger partial charge in [-0.15, -0.1) is 0 Å². The minimum Gasteiger partial charge on any atom is -0.429 e. The molecule has 2 fully saturated rings. The Bertz CT molecular complexity index is 841. The topological polar surface area (TPSA) is 9.23 Å². The predicted molar refractivity (Wildman–Crippen MR) is 110 cm³/mol. The molecule has 0 saturated heterocycles. The van der Waals surface area contributed by atoms with Crippen molar-refractivity contribution < 1.29 is 22.3 Å². The van der Waals surface area contributed by atoms with E-state index in [2.05, 4.69) is 11.7 Å². The summed E-state index contributed by atoms with van der Waals surface area (Å²) >= 11 is 0. The molecular weight excluding hydrogens is 392 g/mol. The van der Waals surface area contributed by atoms with Crippen molar-refractivity contribution in [2.75, 3.05) is 0 Å². The van der Waals surface area contributed by atoms with Gasteiger partial charge in [-0.1, -0.05) is 44.0 Å². The standard InChI is InChI=1S/C25H28F4O/c1-2-15-3-4-20-12-19(10-9-18(20)11-15)16-5-7-17(8-6-16)21-13-22(26)24(23(27)14-21)30-25(28)29/h5-8,13-15,18-20,25H,2-4,9-12H2,1H3/t15?,18-,19-,20-/m1/s1. The monoisotopic (exact) mass is 420 g/mol. The minimum atomic E-state index is -3.27. The molecule has 2 saturated carbocycles. The molecule has 0 radical (unpaired) electrons. The van der Waals surface area contributed by atoms with Crippen LogP contribution >= 0.6 is 0 Å². The summed E-state index contributed by atoms with van der Waals surface area (Å²) in [5.41, 5.74) is 2.23. The van der Waals surface area contributed by atoms with E-state index in [9.17, 15) is 17.6 Å². The van der Waals surface area contributed by atoms with Crippen LogP contribution in [0.25, 0.3) is 11.1 Å². The molecule has 0 aliphatic heterocycles. The molecule has 0 amide bonds. The van der Waals surface area contributed by atoms with Crippen LogP contribution < -0.4 is 4.74 Å². The molecule has 2 aromatic rings. The van der Waals surface area contributed by atoms with Gasteiger partial charge < -0.3 is 4.74 Å². The van der Waals surface area contributed by atoms with Crippen molar-refractivity contribution in [2.24, 2.45) is 17.8 Å². The molecule has 1 unspecified atom stereocenters. The highest BCUT2D eigenvalue weighted by atomic mass is 19.3. The van der Waals surface area contributed by atoms with Crippen LogP contribution in [-0.4, -0.2) is 6.61 Å². The van der Waals surface area contributed by atoms with Crippen LogP contribution in [0.1, 0.15) is 63.4 Å². The molecule has 2 aliphatic rings. The zero-order chi connectivity index (χ0) is 21.3. The highest BCUT2D eigenvalue weighted by Gasteiger charge is 2.35. The summed E-state index contributed by atoms with van der Waals surface area (Å²) in [4.78, 5) is 0. The van der Waals surface area contributed by atoms with E-state index in [1.165, 1.54) is 50.5 Å². The summed E-state index contributed by atoms with van der Waals surface area (Å²) in [6.07, 6.45) is 9.08. The van der Waals surface area contributed by atoms with Gasteiger partial charge in [-0.2, -0.15) is 8.78 Å². The molecular formula is C25H28F4O. The lowest BCUT2D eigenvalue weighted by atomic mass is 9.63. The van der Waals surface area contributed by atoms with Crippen LogP contribution in [-0.2, 0) is 0 Å². The Morgan fingerprint density at radius 1 is 0.867 bits per heavy atom. The molecule has 30 heavy (non-hydrogen) atoms. The van der Waals surface area contributed by atoms with Crippen molar-refractivity contribution in [1.82, 2.24) is 0 Å². The number of halogens is 4. The summed E-state index contributed by atoms with van der Waals surface area (Å²) in [5.74, 6) is -0.171. The normalized spacial score (nSPS) is 26.5. The first-order valence-corrected chi connectivity index (χ1v) is 11.0. The fraction of sp³-hybridized carbons (Fsp3) is 0.520. The highest BCUT2D eigenvalue weighted by molar-refractivity contribution is 5.65. The summed E-state index contributed by atoms with van der Waals surface area (Å²) in [7, 11) is 0. The van der Waals surface area contributed by atoms with Gasteiger partial charge in [0, 0.05) is 0 Å². The fourth-order valence-corrected chi connectivity index (χ4v) is 5.54. The molecule has 1 nitrogen and oxygen atoms in total. The van der Waals surface area contributed by atoms with Crippen LogP contribution in [0.4, 0.5) is 17.6 Å². The quantitative estimate of drug-likeness (QED) is 0.446. The van der Waals surface area contributed by atoms with E-state index in [1.54, 1.807) is 0 Å². The van der Waals surface area contributed by atoms with Gasteiger partial charge in [0.1, 0.15) is 0 Å². The SMILES string of the molecule is CCC1CC[C@@H]2C[C@H](c3ccc(-c4cc(F)c(OC(F)F)c(F)c4)cc3)CC[C@@H]2C1. The highest BCUT2D eigenvalue weighted by Crippen LogP contribution is 2.48. The Balaban J connectivity index is 1.46. The van der Waals surface area contributed by atoms with Crippen molar-refractivity contribution in [3.63, 3.8) is 0 Å². The molecule has 4 atom stereocenters. The molecule has 162 valence electrons. The Hall–Kier alpha value is -2.04. The number of fused-ring (bicyclic) bond motifs is 1. The van der Waals surface area contributed by atoms with Crippen LogP contribution in [0.5, 0.6) is 5.75 Å². The van der Waals surface area contributed by atoms with Gasteiger partial charge in [-0.25, -0.2) is 8.78 Å². The van der Waals surface area contributed by atoms with Gasteiger partial charge in [0.25, 0.3) is 0 Å². The van der Waals surface area contributed by atoms with Crippen molar-refractivity contribution >= 4 is 0 Å². The third kappa shape index (κ3) is 4.50. The number of benzene rings is 2. The number of hydrogen-bond acceptors (Lipinski definition) is 1. The second-order valence-corrected chi connectivity index (χ2v) is 8.89. The number of ether oxygens (including phenoxy) is 1. The molecule has 2 aliphatic carbocycles. The van der Waals surface area contributed by atoms with Crippen LogP contribution in [0, 0.1) is 29.4 Å². The first-order chi connectivity index (χ1) is 14.4. The van der Waals surface area contributed by atoms with E-state index in [-0.39, 0.29) is 0 Å². The first-order valence-electron chi connectivity index (χ1n) is 11.0. The second-order valence-electron chi connectivity index (χ2n) is 8.89. The van der Waals surface area contributed by atoms with Gasteiger partial charge in [0.15, 0.2) is 17.4 Å². The molecule has 4 rings (SSSR count). The average molecular weight is 420 g/mol. The maximum Gasteiger partial charge on any atom is 0.387 e. The molecule has 5 heteroatoms. The average Bonchev–Trinajstić information content (AvgIpc) is 2.75. The van der Waals surface area contributed by atoms with E-state index in [4.69, 9.17) is 0 Å². The summed E-state index contributed by atoms with van der Waals surface area (Å²) in [5, 5.41) is 0. The smallest absolute Gasteiger partial charge is 0.387 e. The summed E-state index contributed by atoms with van der Waals surface area (Å²) in [6.45, 7) is -0.971. The third-order valence-electron chi connectivity index (χ3n) is 7.22. The molecule has 0 spiro atoms. The first kappa shape index (κ1) is 21.2. The Morgan fingerprint density at radius 2 is 1.50 bits per heavy atom. The van der Waals surface area contributed by atoms with Crippen LogP contribution in [0.3, 0.4) is 0 Å². The molecule has 0 heterocycles. The van der Waals surface area contributed by atoms with E-state index >= 15 is 0 Å². The Kier molecular flexibility index (Phi) is 6.35.